The lowest BCUT2D eigenvalue weighted by Crippen LogP contribution is -2.19. The molecule has 0 unspecified atom stereocenters. The highest BCUT2D eigenvalue weighted by molar-refractivity contribution is 5.29. The molecule has 0 N–H and O–H groups in total. The molecule has 0 nitrogen and oxygen atoms in total. The first-order valence-electron chi connectivity index (χ1n) is 12.6. The molecule has 0 atom stereocenters. The minimum absolute atomic E-state index is 1.02. The molecule has 0 amide bonds. The molecule has 164 valence electrons. The second-order valence-corrected chi connectivity index (χ2v) is 10.6. The van der Waals surface area contributed by atoms with E-state index in [1.165, 1.54) is 73.6 Å². The summed E-state index contributed by atoms with van der Waals surface area (Å²) in [5.41, 5.74) is 5.40. The molecular formula is C30H44. The molecule has 0 radical (unpaired) electrons. The third-order valence-corrected chi connectivity index (χ3v) is 7.59. The van der Waals surface area contributed by atoms with Gasteiger partial charge in [0.2, 0.25) is 0 Å². The van der Waals surface area contributed by atoms with Gasteiger partial charge >= 0.3 is 0 Å². The van der Waals surface area contributed by atoms with E-state index in [4.69, 9.17) is 0 Å². The van der Waals surface area contributed by atoms with Crippen molar-refractivity contribution >= 4 is 0 Å². The molecule has 0 spiro atoms. The first-order valence-corrected chi connectivity index (χ1v) is 12.6. The van der Waals surface area contributed by atoms with E-state index in [1.807, 2.05) is 0 Å². The van der Waals surface area contributed by atoms with Crippen LogP contribution in [0.25, 0.3) is 0 Å². The van der Waals surface area contributed by atoms with Crippen molar-refractivity contribution in [3.63, 3.8) is 0 Å². The van der Waals surface area contributed by atoms with Crippen LogP contribution < -0.4 is 0 Å². The van der Waals surface area contributed by atoms with Gasteiger partial charge < -0.3 is 0 Å². The van der Waals surface area contributed by atoms with E-state index in [0.29, 0.717) is 0 Å². The van der Waals surface area contributed by atoms with Crippen LogP contribution in [0.5, 0.6) is 0 Å². The zero-order valence-corrected chi connectivity index (χ0v) is 20.0. The Morgan fingerprint density at radius 1 is 0.533 bits per heavy atom. The molecule has 0 saturated heterocycles. The third kappa shape index (κ3) is 7.93. The van der Waals surface area contributed by atoms with E-state index in [1.54, 1.807) is 6.42 Å². The zero-order valence-electron chi connectivity index (χ0n) is 20.0. The summed E-state index contributed by atoms with van der Waals surface area (Å²) in [5, 5.41) is 0. The second kappa shape index (κ2) is 11.7. The summed E-state index contributed by atoms with van der Waals surface area (Å²) in [5.74, 6) is 4.24. The van der Waals surface area contributed by atoms with Gasteiger partial charge in [0, 0.05) is 0 Å². The minimum atomic E-state index is 1.02. The van der Waals surface area contributed by atoms with Gasteiger partial charge in [-0.15, -0.1) is 0 Å². The van der Waals surface area contributed by atoms with Crippen molar-refractivity contribution in [3.05, 3.63) is 70.8 Å². The largest absolute Gasteiger partial charge is 0.0625 e. The highest BCUT2D eigenvalue weighted by Crippen LogP contribution is 2.37. The van der Waals surface area contributed by atoms with Gasteiger partial charge in [0.05, 0.1) is 0 Å². The van der Waals surface area contributed by atoms with Crippen LogP contribution in [0.3, 0.4) is 0 Å². The van der Waals surface area contributed by atoms with Crippen LogP contribution in [0.15, 0.2) is 48.5 Å². The fourth-order valence-corrected chi connectivity index (χ4v) is 5.25. The van der Waals surface area contributed by atoms with Gasteiger partial charge in [-0.05, 0) is 61.5 Å². The van der Waals surface area contributed by atoms with Gasteiger partial charge in [-0.3, -0.25) is 0 Å². The molecule has 2 aliphatic carbocycles. The summed E-state index contributed by atoms with van der Waals surface area (Å²) in [7, 11) is 0. The summed E-state index contributed by atoms with van der Waals surface area (Å²) in [6, 6.07) is 17.5. The number of rotatable bonds is 4. The van der Waals surface area contributed by atoms with E-state index >= 15 is 0 Å². The summed E-state index contributed by atoms with van der Waals surface area (Å²) in [6.45, 7) is 9.10. The normalized spacial score (nSPS) is 26.5. The lowest BCUT2D eigenvalue weighted by Gasteiger charge is -2.32. The summed E-state index contributed by atoms with van der Waals surface area (Å²) >= 11 is 0. The minimum Gasteiger partial charge on any atom is -0.0625 e. The van der Waals surface area contributed by atoms with Crippen molar-refractivity contribution in [3.8, 4) is 0 Å². The van der Waals surface area contributed by atoms with E-state index < -0.39 is 0 Å². The Kier molecular flexibility index (Phi) is 9.04. The zero-order chi connectivity index (χ0) is 21.3. The molecule has 0 heteroatoms. The Bertz CT molecular complexity index is 644. The van der Waals surface area contributed by atoms with Crippen LogP contribution in [-0.2, 0) is 6.42 Å². The predicted molar refractivity (Wildman–Crippen MR) is 132 cm³/mol. The molecule has 4 rings (SSSR count). The van der Waals surface area contributed by atoms with Crippen LogP contribution in [0.2, 0.25) is 0 Å². The van der Waals surface area contributed by atoms with Gasteiger partial charge in [-0.2, -0.15) is 0 Å². The molecule has 2 saturated carbocycles. The third-order valence-electron chi connectivity index (χ3n) is 7.59. The maximum Gasteiger partial charge on any atom is -0.00258 e. The van der Waals surface area contributed by atoms with Gasteiger partial charge in [-0.25, -0.2) is 0 Å². The molecule has 2 aromatic rings. The Labute approximate surface area is 186 Å². The van der Waals surface area contributed by atoms with E-state index in [-0.39, 0.29) is 0 Å². The van der Waals surface area contributed by atoms with Crippen molar-refractivity contribution in [2.45, 2.75) is 91.9 Å². The van der Waals surface area contributed by atoms with Gasteiger partial charge in [0.1, 0.15) is 0 Å². The Morgan fingerprint density at radius 2 is 0.867 bits per heavy atom. The van der Waals surface area contributed by atoms with Crippen molar-refractivity contribution in [1.29, 1.82) is 0 Å². The number of hydrogen-bond donors (Lipinski definition) is 0. The van der Waals surface area contributed by atoms with E-state index in [2.05, 4.69) is 76.2 Å². The lowest BCUT2D eigenvalue weighted by molar-refractivity contribution is 0.201. The van der Waals surface area contributed by atoms with Crippen LogP contribution >= 0.6 is 0 Å². The van der Waals surface area contributed by atoms with Crippen LogP contribution in [-0.4, -0.2) is 0 Å². The first kappa shape index (κ1) is 23.1. The summed E-state index contributed by atoms with van der Waals surface area (Å²) in [4.78, 5) is 0. The Balaban J connectivity index is 0.000000171. The van der Waals surface area contributed by atoms with Crippen LogP contribution in [0.1, 0.15) is 93.9 Å². The molecule has 2 fully saturated rings. The van der Waals surface area contributed by atoms with Crippen molar-refractivity contribution in [2.75, 3.05) is 0 Å². The molecular weight excluding hydrogens is 360 g/mol. The average Bonchev–Trinajstić information content (AvgIpc) is 2.75. The van der Waals surface area contributed by atoms with Crippen molar-refractivity contribution < 1.29 is 0 Å². The molecule has 30 heavy (non-hydrogen) atoms. The Hall–Kier alpha value is -1.56. The standard InChI is InChI=1S/C15H28.C15H16/c2*1-12-3-7-14(8-4-12)11-15-9-5-13(2)6-10-15/h12-15H,3-11H2,1-2H3;3-10H,11H2,1-2H3. The van der Waals surface area contributed by atoms with Crippen molar-refractivity contribution in [2.24, 2.45) is 23.7 Å². The molecule has 0 aliphatic heterocycles. The quantitative estimate of drug-likeness (QED) is 0.477. The topological polar surface area (TPSA) is 0 Å². The molecule has 0 aromatic heterocycles. The molecule has 2 aromatic carbocycles. The molecule has 2 aliphatic rings. The van der Waals surface area contributed by atoms with Gasteiger partial charge in [0.25, 0.3) is 0 Å². The Morgan fingerprint density at radius 3 is 1.20 bits per heavy atom. The monoisotopic (exact) mass is 404 g/mol. The lowest BCUT2D eigenvalue weighted by atomic mass is 9.74. The maximum absolute atomic E-state index is 2.43. The number of hydrogen-bond acceptors (Lipinski definition) is 0. The summed E-state index contributed by atoms with van der Waals surface area (Å²) in [6.07, 6.45) is 14.8. The first-order chi connectivity index (χ1) is 14.5. The van der Waals surface area contributed by atoms with Crippen molar-refractivity contribution in [1.82, 2.24) is 0 Å². The van der Waals surface area contributed by atoms with Crippen LogP contribution in [0.4, 0.5) is 0 Å². The molecule has 0 bridgehead atoms. The highest BCUT2D eigenvalue weighted by Gasteiger charge is 2.24. The smallest absolute Gasteiger partial charge is 0.00258 e. The maximum atomic E-state index is 2.43. The highest BCUT2D eigenvalue weighted by atomic mass is 14.3. The van der Waals surface area contributed by atoms with E-state index in [0.717, 1.165) is 30.1 Å². The SMILES string of the molecule is CC1CCC(CC2CCC(C)CC2)CC1.Cc1ccc(Cc2ccc(C)cc2)cc1. The van der Waals surface area contributed by atoms with E-state index in [9.17, 15) is 0 Å². The number of aryl methyl sites for hydroxylation is 2. The van der Waals surface area contributed by atoms with Gasteiger partial charge in [0.15, 0.2) is 0 Å². The number of benzene rings is 2. The van der Waals surface area contributed by atoms with Gasteiger partial charge in [-0.1, -0.05) is 125 Å². The average molecular weight is 405 g/mol. The fourth-order valence-electron chi connectivity index (χ4n) is 5.25. The fraction of sp³-hybridized carbons (Fsp3) is 0.600. The summed E-state index contributed by atoms with van der Waals surface area (Å²) < 4.78 is 0. The molecule has 0 heterocycles. The van der Waals surface area contributed by atoms with Crippen LogP contribution in [0, 0.1) is 37.5 Å². The predicted octanol–water partition coefficient (Wildman–Crippen LogP) is 8.92. The second-order valence-electron chi connectivity index (χ2n) is 10.6.